The monoisotopic (exact) mass is 350 g/mol. The summed E-state index contributed by atoms with van der Waals surface area (Å²) < 4.78 is 5.97. The molecule has 0 unspecified atom stereocenters. The molecule has 3 aliphatic rings. The number of carbonyl (C=O) groups excluding carboxylic acids is 1. The van der Waals surface area contributed by atoms with Crippen molar-refractivity contribution in [3.05, 3.63) is 29.3 Å². The van der Waals surface area contributed by atoms with E-state index < -0.39 is 11.6 Å². The SMILES string of the molecule is NC1(C(=O)N2C[C@H]3C[C@@H](Oc4cccc(Cl)c4)[C@H](O)C[C@H]3C2)CC1. The predicted octanol–water partition coefficient (Wildman–Crippen LogP) is 1.81. The number of nitrogens with two attached hydrogens (primary N) is 1. The molecule has 3 N–H and O–H groups in total. The van der Waals surface area contributed by atoms with Gasteiger partial charge >= 0.3 is 0 Å². The highest BCUT2D eigenvalue weighted by Gasteiger charge is 2.52. The van der Waals surface area contributed by atoms with E-state index in [2.05, 4.69) is 0 Å². The number of hydrogen-bond acceptors (Lipinski definition) is 4. The van der Waals surface area contributed by atoms with Gasteiger partial charge in [0.2, 0.25) is 5.91 Å². The van der Waals surface area contributed by atoms with E-state index in [0.29, 0.717) is 35.6 Å². The van der Waals surface area contributed by atoms with Crippen molar-refractivity contribution in [3.8, 4) is 5.75 Å². The molecule has 1 aromatic carbocycles. The Hall–Kier alpha value is -1.30. The first-order valence-corrected chi connectivity index (χ1v) is 9.01. The van der Waals surface area contributed by atoms with Crippen molar-refractivity contribution in [2.45, 2.75) is 43.4 Å². The summed E-state index contributed by atoms with van der Waals surface area (Å²) in [5.74, 6) is 1.46. The van der Waals surface area contributed by atoms with E-state index in [9.17, 15) is 9.90 Å². The largest absolute Gasteiger partial charge is 0.488 e. The average molecular weight is 351 g/mol. The van der Waals surface area contributed by atoms with Crippen LogP contribution in [0.25, 0.3) is 0 Å². The van der Waals surface area contributed by atoms with Crippen LogP contribution in [0.1, 0.15) is 25.7 Å². The van der Waals surface area contributed by atoms with Gasteiger partial charge in [-0.2, -0.15) is 0 Å². The maximum atomic E-state index is 12.5. The lowest BCUT2D eigenvalue weighted by molar-refractivity contribution is -0.132. The van der Waals surface area contributed by atoms with E-state index in [0.717, 1.165) is 25.8 Å². The summed E-state index contributed by atoms with van der Waals surface area (Å²) in [6, 6.07) is 7.24. The molecule has 0 spiro atoms. The third-order valence-electron chi connectivity index (χ3n) is 5.67. The number of aliphatic hydroxyl groups excluding tert-OH is 1. The number of amides is 1. The van der Waals surface area contributed by atoms with E-state index >= 15 is 0 Å². The lowest BCUT2D eigenvalue weighted by Gasteiger charge is -2.35. The van der Waals surface area contributed by atoms with Crippen molar-refractivity contribution < 1.29 is 14.6 Å². The third kappa shape index (κ3) is 3.01. The van der Waals surface area contributed by atoms with E-state index in [-0.39, 0.29) is 12.0 Å². The molecule has 6 heteroatoms. The highest BCUT2D eigenvalue weighted by Crippen LogP contribution is 2.41. The third-order valence-corrected chi connectivity index (χ3v) is 5.91. The molecule has 130 valence electrons. The molecular weight excluding hydrogens is 328 g/mol. The number of carbonyl (C=O) groups is 1. The van der Waals surface area contributed by atoms with Gasteiger partial charge in [0.05, 0.1) is 11.6 Å². The highest BCUT2D eigenvalue weighted by atomic mass is 35.5. The fourth-order valence-electron chi connectivity index (χ4n) is 4.06. The lowest BCUT2D eigenvalue weighted by Crippen LogP contribution is -2.44. The van der Waals surface area contributed by atoms with E-state index in [4.69, 9.17) is 22.1 Å². The lowest BCUT2D eigenvalue weighted by atomic mass is 9.78. The van der Waals surface area contributed by atoms with Gasteiger partial charge in [-0.25, -0.2) is 0 Å². The van der Waals surface area contributed by atoms with Crippen LogP contribution in [0.4, 0.5) is 0 Å². The van der Waals surface area contributed by atoms with Gasteiger partial charge in [0, 0.05) is 18.1 Å². The van der Waals surface area contributed by atoms with Crippen molar-refractivity contribution in [2.24, 2.45) is 17.6 Å². The normalized spacial score (nSPS) is 33.9. The fourth-order valence-corrected chi connectivity index (χ4v) is 4.24. The number of benzene rings is 1. The number of halogens is 1. The van der Waals surface area contributed by atoms with Crippen molar-refractivity contribution in [3.63, 3.8) is 0 Å². The zero-order valence-corrected chi connectivity index (χ0v) is 14.3. The summed E-state index contributed by atoms with van der Waals surface area (Å²) in [6.45, 7) is 1.44. The molecule has 24 heavy (non-hydrogen) atoms. The van der Waals surface area contributed by atoms with E-state index in [1.54, 1.807) is 12.1 Å². The Balaban J connectivity index is 1.41. The Labute approximate surface area is 146 Å². The summed E-state index contributed by atoms with van der Waals surface area (Å²) >= 11 is 5.99. The number of aliphatic hydroxyl groups is 1. The topological polar surface area (TPSA) is 75.8 Å². The molecule has 5 nitrogen and oxygen atoms in total. The number of ether oxygens (including phenoxy) is 1. The molecule has 1 aliphatic heterocycles. The quantitative estimate of drug-likeness (QED) is 0.871. The second-order valence-electron chi connectivity index (χ2n) is 7.54. The Morgan fingerprint density at radius 1 is 1.29 bits per heavy atom. The van der Waals surface area contributed by atoms with Crippen LogP contribution in [-0.2, 0) is 4.79 Å². The van der Waals surface area contributed by atoms with Crippen molar-refractivity contribution in [1.82, 2.24) is 4.90 Å². The Morgan fingerprint density at radius 2 is 2.00 bits per heavy atom. The smallest absolute Gasteiger partial charge is 0.242 e. The second kappa shape index (κ2) is 5.90. The van der Waals surface area contributed by atoms with Crippen LogP contribution in [-0.4, -0.2) is 46.7 Å². The van der Waals surface area contributed by atoms with Crippen molar-refractivity contribution in [2.75, 3.05) is 13.1 Å². The highest BCUT2D eigenvalue weighted by molar-refractivity contribution is 6.30. The molecule has 4 rings (SSSR count). The molecular formula is C18H23ClN2O3. The molecule has 0 bridgehead atoms. The maximum absolute atomic E-state index is 12.5. The van der Waals surface area contributed by atoms with Crippen LogP contribution in [0.3, 0.4) is 0 Å². The van der Waals surface area contributed by atoms with Gasteiger partial charge in [0.15, 0.2) is 0 Å². The second-order valence-corrected chi connectivity index (χ2v) is 7.98. The van der Waals surface area contributed by atoms with Crippen LogP contribution >= 0.6 is 11.6 Å². The van der Waals surface area contributed by atoms with E-state index in [1.807, 2.05) is 17.0 Å². The number of likely N-dealkylation sites (tertiary alicyclic amines) is 1. The van der Waals surface area contributed by atoms with Gasteiger partial charge < -0.3 is 20.5 Å². The molecule has 0 radical (unpaired) electrons. The van der Waals surface area contributed by atoms with Gasteiger partial charge in [0.1, 0.15) is 11.9 Å². The minimum Gasteiger partial charge on any atom is -0.488 e. The summed E-state index contributed by atoms with van der Waals surface area (Å²) in [5.41, 5.74) is 5.44. The zero-order chi connectivity index (χ0) is 16.9. The van der Waals surface area contributed by atoms with Gasteiger partial charge in [-0.3, -0.25) is 4.79 Å². The molecule has 1 amide bonds. The number of rotatable bonds is 3. The summed E-state index contributed by atoms with van der Waals surface area (Å²) in [7, 11) is 0. The molecule has 0 aromatic heterocycles. The Bertz CT molecular complexity index is 649. The summed E-state index contributed by atoms with van der Waals surface area (Å²) in [4.78, 5) is 14.4. The first-order valence-electron chi connectivity index (χ1n) is 8.63. The summed E-state index contributed by atoms with van der Waals surface area (Å²) in [5, 5.41) is 11.1. The van der Waals surface area contributed by atoms with Gasteiger partial charge in [-0.1, -0.05) is 17.7 Å². The number of hydrogen-bond donors (Lipinski definition) is 2. The zero-order valence-electron chi connectivity index (χ0n) is 13.5. The van der Waals surface area contributed by atoms with Gasteiger partial charge in [0.25, 0.3) is 0 Å². The minimum absolute atomic E-state index is 0.0821. The molecule has 2 saturated carbocycles. The predicted molar refractivity (Wildman–Crippen MR) is 90.8 cm³/mol. The Kier molecular flexibility index (Phi) is 3.98. The molecule has 1 heterocycles. The molecule has 1 aromatic rings. The fraction of sp³-hybridized carbons (Fsp3) is 0.611. The van der Waals surface area contributed by atoms with Crippen LogP contribution in [0.5, 0.6) is 5.75 Å². The first kappa shape index (κ1) is 16.2. The maximum Gasteiger partial charge on any atom is 0.242 e. The first-order chi connectivity index (χ1) is 11.4. The van der Waals surface area contributed by atoms with Crippen LogP contribution in [0.15, 0.2) is 24.3 Å². The van der Waals surface area contributed by atoms with Crippen LogP contribution in [0.2, 0.25) is 5.02 Å². The van der Waals surface area contributed by atoms with Gasteiger partial charge in [-0.15, -0.1) is 0 Å². The van der Waals surface area contributed by atoms with Crippen molar-refractivity contribution in [1.29, 1.82) is 0 Å². The standard InChI is InChI=1S/C18H23ClN2O3/c19-13-2-1-3-14(8-13)24-16-7-12-10-21(9-11(12)6-15(16)22)17(23)18(20)4-5-18/h1-3,8,11-12,15-16,22H,4-7,9-10,20H2/t11-,12+,15+,16+/m0/s1. The number of fused-ring (bicyclic) bond motifs is 1. The minimum atomic E-state index is -0.608. The van der Waals surface area contributed by atoms with Gasteiger partial charge in [-0.05, 0) is 55.7 Å². The van der Waals surface area contributed by atoms with Crippen LogP contribution < -0.4 is 10.5 Å². The molecule has 4 atom stereocenters. The molecule has 1 saturated heterocycles. The van der Waals surface area contributed by atoms with E-state index in [1.165, 1.54) is 0 Å². The Morgan fingerprint density at radius 3 is 2.67 bits per heavy atom. The summed E-state index contributed by atoms with van der Waals surface area (Å²) in [6.07, 6.45) is 2.22. The van der Waals surface area contributed by atoms with Crippen LogP contribution in [0, 0.1) is 11.8 Å². The molecule has 2 aliphatic carbocycles. The molecule has 3 fully saturated rings. The average Bonchev–Trinajstić information content (AvgIpc) is 3.16. The van der Waals surface area contributed by atoms with Crippen molar-refractivity contribution >= 4 is 17.5 Å². The number of nitrogens with zero attached hydrogens (tertiary/aromatic N) is 1.